The van der Waals surface area contributed by atoms with E-state index in [1.807, 2.05) is 0 Å². The molecular formula is C17H29N3S. The molecule has 4 heteroatoms. The molecule has 3 nitrogen and oxygen atoms in total. The fraction of sp³-hybridized carbons (Fsp3) is 0.706. The molecular weight excluding hydrogens is 278 g/mol. The van der Waals surface area contributed by atoms with Gasteiger partial charge in [-0.2, -0.15) is 11.8 Å². The molecule has 118 valence electrons. The maximum Gasteiger partial charge on any atom is 0.133 e. The van der Waals surface area contributed by atoms with E-state index in [2.05, 4.69) is 69.6 Å². The van der Waals surface area contributed by atoms with Crippen molar-refractivity contribution in [3.05, 3.63) is 22.9 Å². The number of anilines is 1. The van der Waals surface area contributed by atoms with Gasteiger partial charge in [0, 0.05) is 47.4 Å². The molecule has 1 atom stereocenters. The lowest BCUT2D eigenvalue weighted by atomic mass is 10.0. The third-order valence-corrected chi connectivity index (χ3v) is 4.93. The van der Waals surface area contributed by atoms with Crippen LogP contribution in [0.5, 0.6) is 0 Å². The van der Waals surface area contributed by atoms with Crippen LogP contribution in [0.1, 0.15) is 44.5 Å². The minimum absolute atomic E-state index is 0.125. The Bertz CT molecular complexity index is 494. The van der Waals surface area contributed by atoms with Crippen molar-refractivity contribution < 1.29 is 0 Å². The quantitative estimate of drug-likeness (QED) is 0.924. The van der Waals surface area contributed by atoms with E-state index < -0.39 is 0 Å². The second-order valence-electron chi connectivity index (χ2n) is 7.11. The van der Waals surface area contributed by atoms with E-state index >= 15 is 0 Å². The Morgan fingerprint density at radius 3 is 2.71 bits per heavy atom. The van der Waals surface area contributed by atoms with Gasteiger partial charge < -0.3 is 10.2 Å². The van der Waals surface area contributed by atoms with Gasteiger partial charge in [-0.1, -0.05) is 6.92 Å². The van der Waals surface area contributed by atoms with Crippen molar-refractivity contribution in [2.75, 3.05) is 23.7 Å². The lowest BCUT2D eigenvalue weighted by Gasteiger charge is -2.34. The molecule has 1 aromatic heterocycles. The van der Waals surface area contributed by atoms with E-state index in [1.165, 1.54) is 22.7 Å². The molecule has 0 amide bonds. The molecule has 2 heterocycles. The van der Waals surface area contributed by atoms with Crippen LogP contribution < -0.4 is 10.2 Å². The van der Waals surface area contributed by atoms with Gasteiger partial charge in [0.2, 0.25) is 0 Å². The van der Waals surface area contributed by atoms with Crippen molar-refractivity contribution in [1.29, 1.82) is 0 Å². The molecule has 0 spiro atoms. The summed E-state index contributed by atoms with van der Waals surface area (Å²) in [5.74, 6) is 2.39. The van der Waals surface area contributed by atoms with E-state index in [-0.39, 0.29) is 5.54 Å². The summed E-state index contributed by atoms with van der Waals surface area (Å²) in [6, 6.07) is 2.20. The number of nitrogens with zero attached hydrogens (tertiary/aromatic N) is 2. The standard InChI is InChI=1S/C17H29N3S/c1-12-9-13(2)19-16(15(12)10-18-17(4,5)6)20-7-8-21-14(3)11-20/h9,14,18H,7-8,10-11H2,1-6H3. The smallest absolute Gasteiger partial charge is 0.133 e. The highest BCUT2D eigenvalue weighted by Crippen LogP contribution is 2.28. The predicted molar refractivity (Wildman–Crippen MR) is 94.4 cm³/mol. The molecule has 1 aliphatic heterocycles. The van der Waals surface area contributed by atoms with Gasteiger partial charge in [-0.05, 0) is 46.2 Å². The highest BCUT2D eigenvalue weighted by molar-refractivity contribution is 8.00. The lowest BCUT2D eigenvalue weighted by Crippen LogP contribution is -2.40. The Hall–Kier alpha value is -0.740. The van der Waals surface area contributed by atoms with Crippen molar-refractivity contribution >= 4 is 17.6 Å². The Morgan fingerprint density at radius 2 is 2.10 bits per heavy atom. The first kappa shape index (κ1) is 16.6. The van der Waals surface area contributed by atoms with Gasteiger partial charge in [0.15, 0.2) is 0 Å². The van der Waals surface area contributed by atoms with Gasteiger partial charge in [-0.25, -0.2) is 4.98 Å². The molecule has 1 saturated heterocycles. The van der Waals surface area contributed by atoms with Gasteiger partial charge in [0.05, 0.1) is 0 Å². The van der Waals surface area contributed by atoms with Crippen LogP contribution in [0.3, 0.4) is 0 Å². The molecule has 0 aliphatic carbocycles. The summed E-state index contributed by atoms with van der Waals surface area (Å²) < 4.78 is 0. The van der Waals surface area contributed by atoms with Crippen LogP contribution in [0.2, 0.25) is 0 Å². The van der Waals surface area contributed by atoms with Crippen LogP contribution in [0.25, 0.3) is 0 Å². The van der Waals surface area contributed by atoms with Gasteiger partial charge in [0.25, 0.3) is 0 Å². The number of pyridine rings is 1. The van der Waals surface area contributed by atoms with Crippen LogP contribution in [-0.4, -0.2) is 34.6 Å². The molecule has 1 aromatic rings. The summed E-state index contributed by atoms with van der Waals surface area (Å²) in [7, 11) is 0. The zero-order chi connectivity index (χ0) is 15.6. The van der Waals surface area contributed by atoms with E-state index in [0.29, 0.717) is 5.25 Å². The SMILES string of the molecule is Cc1cc(C)c(CNC(C)(C)C)c(N2CCSC(C)C2)n1. The van der Waals surface area contributed by atoms with Crippen LogP contribution in [-0.2, 0) is 6.54 Å². The number of hydrogen-bond donors (Lipinski definition) is 1. The van der Waals surface area contributed by atoms with E-state index in [1.54, 1.807) is 0 Å². The Balaban J connectivity index is 2.29. The van der Waals surface area contributed by atoms with Gasteiger partial charge >= 0.3 is 0 Å². The summed E-state index contributed by atoms with van der Waals surface area (Å²) in [6.07, 6.45) is 0. The van der Waals surface area contributed by atoms with Gasteiger partial charge in [-0.15, -0.1) is 0 Å². The first-order valence-corrected chi connectivity index (χ1v) is 8.90. The third kappa shape index (κ3) is 4.62. The number of aryl methyl sites for hydroxylation is 2. The van der Waals surface area contributed by atoms with Crippen molar-refractivity contribution in [2.45, 2.75) is 58.9 Å². The highest BCUT2D eigenvalue weighted by Gasteiger charge is 2.22. The normalized spacial score (nSPS) is 19.9. The predicted octanol–water partition coefficient (Wildman–Crippen LogP) is 3.53. The largest absolute Gasteiger partial charge is 0.354 e. The van der Waals surface area contributed by atoms with Crippen LogP contribution >= 0.6 is 11.8 Å². The molecule has 1 N–H and O–H groups in total. The average Bonchev–Trinajstić information content (AvgIpc) is 2.35. The zero-order valence-corrected chi connectivity index (χ0v) is 15.1. The number of hydrogen-bond acceptors (Lipinski definition) is 4. The minimum atomic E-state index is 0.125. The summed E-state index contributed by atoms with van der Waals surface area (Å²) >= 11 is 2.06. The molecule has 0 saturated carbocycles. The van der Waals surface area contributed by atoms with E-state index in [9.17, 15) is 0 Å². The monoisotopic (exact) mass is 307 g/mol. The number of rotatable bonds is 3. The van der Waals surface area contributed by atoms with Crippen LogP contribution in [0.15, 0.2) is 6.07 Å². The maximum absolute atomic E-state index is 4.87. The van der Waals surface area contributed by atoms with E-state index in [4.69, 9.17) is 4.98 Å². The molecule has 21 heavy (non-hydrogen) atoms. The fourth-order valence-corrected chi connectivity index (χ4v) is 3.70. The number of aromatic nitrogens is 1. The molecule has 2 rings (SSSR count). The summed E-state index contributed by atoms with van der Waals surface area (Å²) in [5.41, 5.74) is 3.95. The third-order valence-electron chi connectivity index (χ3n) is 3.79. The second-order valence-corrected chi connectivity index (χ2v) is 8.66. The molecule has 0 radical (unpaired) electrons. The number of thioether (sulfide) groups is 1. The highest BCUT2D eigenvalue weighted by atomic mass is 32.2. The second kappa shape index (κ2) is 6.57. The Labute approximate surface area is 133 Å². The van der Waals surface area contributed by atoms with Crippen LogP contribution in [0, 0.1) is 13.8 Å². The first-order valence-electron chi connectivity index (χ1n) is 7.85. The van der Waals surface area contributed by atoms with Crippen molar-refractivity contribution in [1.82, 2.24) is 10.3 Å². The van der Waals surface area contributed by atoms with Crippen molar-refractivity contribution in [3.8, 4) is 0 Å². The molecule has 1 unspecified atom stereocenters. The lowest BCUT2D eigenvalue weighted by molar-refractivity contribution is 0.423. The molecule has 1 aliphatic rings. The van der Waals surface area contributed by atoms with Gasteiger partial charge in [0.1, 0.15) is 5.82 Å². The van der Waals surface area contributed by atoms with Crippen LogP contribution in [0.4, 0.5) is 5.82 Å². The molecule has 1 fully saturated rings. The summed E-state index contributed by atoms with van der Waals surface area (Å²) in [5, 5.41) is 4.30. The Morgan fingerprint density at radius 1 is 1.38 bits per heavy atom. The fourth-order valence-electron chi connectivity index (χ4n) is 2.69. The minimum Gasteiger partial charge on any atom is -0.354 e. The number of nitrogens with one attached hydrogen (secondary N) is 1. The molecule has 0 aromatic carbocycles. The Kier molecular flexibility index (Phi) is 5.20. The maximum atomic E-state index is 4.87. The van der Waals surface area contributed by atoms with Gasteiger partial charge in [-0.3, -0.25) is 0 Å². The first-order chi connectivity index (χ1) is 9.76. The molecule has 0 bridgehead atoms. The van der Waals surface area contributed by atoms with Crippen molar-refractivity contribution in [3.63, 3.8) is 0 Å². The zero-order valence-electron chi connectivity index (χ0n) is 14.3. The average molecular weight is 308 g/mol. The van der Waals surface area contributed by atoms with Crippen molar-refractivity contribution in [2.24, 2.45) is 0 Å². The summed E-state index contributed by atoms with van der Waals surface area (Å²) in [4.78, 5) is 7.34. The topological polar surface area (TPSA) is 28.2 Å². The van der Waals surface area contributed by atoms with E-state index in [0.717, 1.165) is 25.3 Å². The summed E-state index contributed by atoms with van der Waals surface area (Å²) in [6.45, 7) is 16.3.